The summed E-state index contributed by atoms with van der Waals surface area (Å²) in [5.41, 5.74) is -0.140. The molecule has 0 atom stereocenters. The van der Waals surface area contributed by atoms with Gasteiger partial charge in [-0.3, -0.25) is 10.1 Å². The van der Waals surface area contributed by atoms with Crippen molar-refractivity contribution in [2.24, 2.45) is 0 Å². The van der Waals surface area contributed by atoms with Gasteiger partial charge in [-0.2, -0.15) is 0 Å². The van der Waals surface area contributed by atoms with E-state index in [0.717, 1.165) is 0 Å². The van der Waals surface area contributed by atoms with Crippen LogP contribution in [0.25, 0.3) is 10.8 Å². The predicted molar refractivity (Wildman–Crippen MR) is 58.4 cm³/mol. The van der Waals surface area contributed by atoms with Crippen LogP contribution in [0.1, 0.15) is 0 Å². The van der Waals surface area contributed by atoms with Crippen molar-refractivity contribution < 1.29 is 4.92 Å². The second-order valence-electron chi connectivity index (χ2n) is 2.85. The summed E-state index contributed by atoms with van der Waals surface area (Å²) in [6.07, 6.45) is 1.41. The van der Waals surface area contributed by atoms with Crippen molar-refractivity contribution in [3.05, 3.63) is 44.7 Å². The minimum absolute atomic E-state index is 0.0924. The van der Waals surface area contributed by atoms with Gasteiger partial charge in [0.15, 0.2) is 0 Å². The molecule has 76 valence electrons. The fraction of sp³-hybridized carbons (Fsp3) is 0. The van der Waals surface area contributed by atoms with Gasteiger partial charge < -0.3 is 0 Å². The second-order valence-corrected chi connectivity index (χ2v) is 3.62. The van der Waals surface area contributed by atoms with Gasteiger partial charge in [-0.1, -0.05) is 23.2 Å². The first-order chi connectivity index (χ1) is 7.11. The van der Waals surface area contributed by atoms with Crippen molar-refractivity contribution in [1.82, 2.24) is 4.98 Å². The summed E-state index contributed by atoms with van der Waals surface area (Å²) in [6, 6.07) is 4.57. The van der Waals surface area contributed by atoms with E-state index >= 15 is 0 Å². The zero-order chi connectivity index (χ0) is 11.0. The topological polar surface area (TPSA) is 56.0 Å². The Labute approximate surface area is 94.6 Å². The lowest BCUT2D eigenvalue weighted by molar-refractivity contribution is -0.382. The smallest absolute Gasteiger partial charge is 0.258 e. The van der Waals surface area contributed by atoms with Crippen molar-refractivity contribution in [3.63, 3.8) is 0 Å². The summed E-state index contributed by atoms with van der Waals surface area (Å²) in [7, 11) is 0. The summed E-state index contributed by atoms with van der Waals surface area (Å²) >= 11 is 11.6. The number of hydrogen-bond donors (Lipinski definition) is 0. The fourth-order valence-electron chi connectivity index (χ4n) is 1.36. The first kappa shape index (κ1) is 10.1. The molecule has 0 unspecified atom stereocenters. The number of nitrogens with zero attached hydrogens (tertiary/aromatic N) is 2. The normalized spacial score (nSPS) is 10.5. The minimum Gasteiger partial charge on any atom is -0.258 e. The number of nitro groups is 1. The number of halogens is 2. The zero-order valence-corrected chi connectivity index (χ0v) is 8.79. The van der Waals surface area contributed by atoms with Crippen LogP contribution in [0.4, 0.5) is 5.69 Å². The van der Waals surface area contributed by atoms with E-state index in [0.29, 0.717) is 10.8 Å². The number of fused-ring (bicyclic) bond motifs is 1. The van der Waals surface area contributed by atoms with Gasteiger partial charge >= 0.3 is 0 Å². The van der Waals surface area contributed by atoms with E-state index in [4.69, 9.17) is 23.2 Å². The Morgan fingerprint density at radius 1 is 1.20 bits per heavy atom. The van der Waals surface area contributed by atoms with Crippen molar-refractivity contribution in [1.29, 1.82) is 0 Å². The summed E-state index contributed by atoms with van der Waals surface area (Å²) < 4.78 is 0. The van der Waals surface area contributed by atoms with Gasteiger partial charge in [0.05, 0.1) is 10.3 Å². The van der Waals surface area contributed by atoms with Crippen molar-refractivity contribution >= 4 is 39.7 Å². The highest BCUT2D eigenvalue weighted by atomic mass is 35.5. The standard InChI is InChI=1S/C9H4Cl2N2O2/c10-7-2-1-6-5(8(7)13(14)15)3-4-12-9(6)11/h1-4H. The third-order valence-electron chi connectivity index (χ3n) is 2.00. The first-order valence-corrected chi connectivity index (χ1v) is 4.74. The van der Waals surface area contributed by atoms with Gasteiger partial charge in [0.25, 0.3) is 5.69 Å². The molecule has 15 heavy (non-hydrogen) atoms. The Morgan fingerprint density at radius 2 is 1.93 bits per heavy atom. The third-order valence-corrected chi connectivity index (χ3v) is 2.61. The molecule has 0 radical (unpaired) electrons. The highest BCUT2D eigenvalue weighted by Crippen LogP contribution is 2.34. The molecule has 1 aromatic heterocycles. The molecule has 0 aliphatic heterocycles. The molecular formula is C9H4Cl2N2O2. The second kappa shape index (κ2) is 3.64. The number of nitro benzene ring substituents is 1. The lowest BCUT2D eigenvalue weighted by Gasteiger charge is -2.01. The molecule has 2 aromatic rings. The average Bonchev–Trinajstić information content (AvgIpc) is 2.17. The Kier molecular flexibility index (Phi) is 2.46. The SMILES string of the molecule is O=[N+]([O-])c1c(Cl)ccc2c(Cl)nccc12. The van der Waals surface area contributed by atoms with E-state index in [1.165, 1.54) is 18.3 Å². The molecule has 0 fully saturated rings. The lowest BCUT2D eigenvalue weighted by atomic mass is 10.1. The van der Waals surface area contributed by atoms with E-state index in [-0.39, 0.29) is 15.9 Å². The minimum atomic E-state index is -0.527. The number of benzene rings is 1. The molecule has 0 amide bonds. The molecule has 2 rings (SSSR count). The van der Waals surface area contributed by atoms with Gasteiger partial charge in [0, 0.05) is 11.6 Å². The monoisotopic (exact) mass is 242 g/mol. The van der Waals surface area contributed by atoms with Crippen molar-refractivity contribution in [3.8, 4) is 0 Å². The fourth-order valence-corrected chi connectivity index (χ4v) is 1.82. The largest absolute Gasteiger partial charge is 0.295 e. The van der Waals surface area contributed by atoms with E-state index in [2.05, 4.69) is 4.98 Å². The van der Waals surface area contributed by atoms with Crippen LogP contribution in [0.15, 0.2) is 24.4 Å². The molecule has 1 aromatic carbocycles. The van der Waals surface area contributed by atoms with Crippen LogP contribution in [-0.2, 0) is 0 Å². The van der Waals surface area contributed by atoms with E-state index in [1.807, 2.05) is 0 Å². The molecular weight excluding hydrogens is 239 g/mol. The van der Waals surface area contributed by atoms with E-state index < -0.39 is 4.92 Å². The highest BCUT2D eigenvalue weighted by molar-refractivity contribution is 6.37. The summed E-state index contributed by atoms with van der Waals surface area (Å²) in [5, 5.41) is 12.0. The molecule has 1 heterocycles. The third kappa shape index (κ3) is 1.62. The number of hydrogen-bond acceptors (Lipinski definition) is 3. The van der Waals surface area contributed by atoms with Crippen LogP contribution in [0, 0.1) is 10.1 Å². The van der Waals surface area contributed by atoms with Gasteiger partial charge in [-0.05, 0) is 18.2 Å². The van der Waals surface area contributed by atoms with Gasteiger partial charge in [0.1, 0.15) is 10.2 Å². The molecule has 0 bridgehead atoms. The zero-order valence-electron chi connectivity index (χ0n) is 7.28. The average molecular weight is 243 g/mol. The Bertz CT molecular complexity index is 557. The maximum absolute atomic E-state index is 10.8. The van der Waals surface area contributed by atoms with Gasteiger partial charge in [-0.25, -0.2) is 4.98 Å². The number of aromatic nitrogens is 1. The van der Waals surface area contributed by atoms with E-state index in [1.54, 1.807) is 6.07 Å². The molecule has 0 saturated carbocycles. The van der Waals surface area contributed by atoms with E-state index in [9.17, 15) is 10.1 Å². The summed E-state index contributed by atoms with van der Waals surface area (Å²) in [4.78, 5) is 14.1. The van der Waals surface area contributed by atoms with Crippen LogP contribution >= 0.6 is 23.2 Å². The molecule has 0 aliphatic rings. The van der Waals surface area contributed by atoms with Crippen LogP contribution in [-0.4, -0.2) is 9.91 Å². The van der Waals surface area contributed by atoms with Gasteiger partial charge in [0.2, 0.25) is 0 Å². The molecule has 6 heteroatoms. The molecule has 4 nitrogen and oxygen atoms in total. The van der Waals surface area contributed by atoms with Crippen molar-refractivity contribution in [2.75, 3.05) is 0 Å². The van der Waals surface area contributed by atoms with Crippen LogP contribution < -0.4 is 0 Å². The maximum atomic E-state index is 10.8. The molecule has 0 N–H and O–H groups in total. The van der Waals surface area contributed by atoms with Crippen LogP contribution in [0.3, 0.4) is 0 Å². The molecule has 0 spiro atoms. The van der Waals surface area contributed by atoms with Crippen LogP contribution in [0.2, 0.25) is 10.2 Å². The summed E-state index contributed by atoms with van der Waals surface area (Å²) in [6.45, 7) is 0. The lowest BCUT2D eigenvalue weighted by Crippen LogP contribution is -1.91. The predicted octanol–water partition coefficient (Wildman–Crippen LogP) is 3.45. The Morgan fingerprint density at radius 3 is 2.60 bits per heavy atom. The molecule has 0 aliphatic carbocycles. The first-order valence-electron chi connectivity index (χ1n) is 3.98. The highest BCUT2D eigenvalue weighted by Gasteiger charge is 2.18. The number of rotatable bonds is 1. The van der Waals surface area contributed by atoms with Crippen LogP contribution in [0.5, 0.6) is 0 Å². The number of pyridine rings is 1. The quantitative estimate of drug-likeness (QED) is 0.437. The Balaban J connectivity index is 2.94. The summed E-state index contributed by atoms with van der Waals surface area (Å²) in [5.74, 6) is 0. The maximum Gasteiger partial charge on any atom is 0.295 e. The van der Waals surface area contributed by atoms with Crippen molar-refractivity contribution in [2.45, 2.75) is 0 Å². The van der Waals surface area contributed by atoms with Gasteiger partial charge in [-0.15, -0.1) is 0 Å². The molecule has 0 saturated heterocycles. The Hall–Kier alpha value is -1.39.